The van der Waals surface area contributed by atoms with Crippen LogP contribution in [0.4, 0.5) is 0 Å². The third-order valence-electron chi connectivity index (χ3n) is 4.52. The summed E-state index contributed by atoms with van der Waals surface area (Å²) in [5.41, 5.74) is 5.42. The number of rotatable bonds is 6. The summed E-state index contributed by atoms with van der Waals surface area (Å²) in [6.45, 7) is 0.370. The Balaban J connectivity index is 1.68. The standard InChI is InChI=1S/C19H19Cl2N3O5S/c20-15-5-2-6-16(18(15)21)30(27,28)24-9-7-23(8-10-24)19(26)13-3-1-4-14(11-13)29-12-17(22)25/h1-6,11H,7-10,12H2,(H2,22,25). The van der Waals surface area contributed by atoms with Gasteiger partial charge in [-0.05, 0) is 30.3 Å². The van der Waals surface area contributed by atoms with Gasteiger partial charge >= 0.3 is 0 Å². The largest absolute Gasteiger partial charge is 0.484 e. The van der Waals surface area contributed by atoms with Crippen LogP contribution >= 0.6 is 23.2 Å². The van der Waals surface area contributed by atoms with Gasteiger partial charge in [0.05, 0.1) is 10.0 Å². The van der Waals surface area contributed by atoms with E-state index in [0.717, 1.165) is 0 Å². The van der Waals surface area contributed by atoms with Crippen LogP contribution in [0.25, 0.3) is 0 Å². The van der Waals surface area contributed by atoms with Gasteiger partial charge in [0.15, 0.2) is 6.61 Å². The van der Waals surface area contributed by atoms with Gasteiger partial charge < -0.3 is 15.4 Å². The number of sulfonamides is 1. The molecule has 1 heterocycles. The highest BCUT2D eigenvalue weighted by Crippen LogP contribution is 2.31. The summed E-state index contributed by atoms with van der Waals surface area (Å²) < 4.78 is 32.3. The van der Waals surface area contributed by atoms with E-state index in [0.29, 0.717) is 11.3 Å². The van der Waals surface area contributed by atoms with Crippen LogP contribution in [-0.2, 0) is 14.8 Å². The van der Waals surface area contributed by atoms with E-state index in [1.807, 2.05) is 0 Å². The summed E-state index contributed by atoms with van der Waals surface area (Å²) in [7, 11) is -3.84. The van der Waals surface area contributed by atoms with E-state index in [2.05, 4.69) is 0 Å². The van der Waals surface area contributed by atoms with Crippen LogP contribution in [0.5, 0.6) is 5.75 Å². The Morgan fingerprint density at radius 3 is 2.37 bits per heavy atom. The number of benzene rings is 2. The van der Waals surface area contributed by atoms with Crippen LogP contribution in [0.15, 0.2) is 47.4 Å². The first-order valence-electron chi connectivity index (χ1n) is 8.95. The lowest BCUT2D eigenvalue weighted by molar-refractivity contribution is -0.119. The molecule has 0 unspecified atom stereocenters. The molecule has 2 N–H and O–H groups in total. The quantitative estimate of drug-likeness (QED) is 0.692. The van der Waals surface area contributed by atoms with Crippen molar-refractivity contribution in [3.05, 3.63) is 58.1 Å². The highest BCUT2D eigenvalue weighted by Gasteiger charge is 2.32. The maximum absolute atomic E-state index is 12.9. The fourth-order valence-corrected chi connectivity index (χ4v) is 5.17. The third kappa shape index (κ3) is 4.86. The molecule has 8 nitrogen and oxygen atoms in total. The van der Waals surface area contributed by atoms with Crippen molar-refractivity contribution in [1.82, 2.24) is 9.21 Å². The number of carbonyl (C=O) groups excluding carboxylic acids is 2. The molecule has 0 radical (unpaired) electrons. The summed E-state index contributed by atoms with van der Waals surface area (Å²) in [5.74, 6) is -0.544. The Kier molecular flexibility index (Phi) is 6.87. The molecule has 11 heteroatoms. The molecule has 0 aromatic heterocycles. The lowest BCUT2D eigenvalue weighted by Gasteiger charge is -2.34. The fraction of sp³-hybridized carbons (Fsp3) is 0.263. The lowest BCUT2D eigenvalue weighted by Crippen LogP contribution is -2.50. The van der Waals surface area contributed by atoms with Crippen LogP contribution in [0.2, 0.25) is 10.0 Å². The second-order valence-corrected chi connectivity index (χ2v) is 9.22. The van der Waals surface area contributed by atoms with Gasteiger partial charge in [0.25, 0.3) is 11.8 Å². The molecule has 0 bridgehead atoms. The van der Waals surface area contributed by atoms with Gasteiger partial charge in [-0.25, -0.2) is 8.42 Å². The number of nitrogens with two attached hydrogens (primary N) is 1. The second kappa shape index (κ2) is 9.22. The van der Waals surface area contributed by atoms with Gasteiger partial charge in [-0.1, -0.05) is 35.3 Å². The first-order chi connectivity index (χ1) is 14.2. The first-order valence-corrected chi connectivity index (χ1v) is 11.1. The minimum absolute atomic E-state index is 0.0227. The van der Waals surface area contributed by atoms with Crippen molar-refractivity contribution in [3.8, 4) is 5.75 Å². The van der Waals surface area contributed by atoms with Crippen molar-refractivity contribution in [2.45, 2.75) is 4.90 Å². The molecule has 0 saturated carbocycles. The van der Waals surface area contributed by atoms with E-state index in [-0.39, 0.29) is 53.6 Å². The molecule has 2 aromatic carbocycles. The third-order valence-corrected chi connectivity index (χ3v) is 7.39. The Hall–Kier alpha value is -2.33. The zero-order valence-corrected chi connectivity index (χ0v) is 18.1. The average Bonchev–Trinajstić information content (AvgIpc) is 2.74. The summed E-state index contributed by atoms with van der Waals surface area (Å²) in [6.07, 6.45) is 0. The summed E-state index contributed by atoms with van der Waals surface area (Å²) in [5, 5.41) is 0.135. The number of hydrogen-bond donors (Lipinski definition) is 1. The Morgan fingerprint density at radius 2 is 1.70 bits per heavy atom. The minimum Gasteiger partial charge on any atom is -0.484 e. The van der Waals surface area contributed by atoms with Gasteiger partial charge in [0, 0.05) is 31.7 Å². The number of carbonyl (C=O) groups is 2. The molecule has 160 valence electrons. The molecule has 1 aliphatic rings. The summed E-state index contributed by atoms with van der Waals surface area (Å²) >= 11 is 12.0. The minimum atomic E-state index is -3.84. The number of primary amides is 1. The number of amides is 2. The maximum Gasteiger partial charge on any atom is 0.255 e. The molecule has 3 rings (SSSR count). The highest BCUT2D eigenvalue weighted by molar-refractivity contribution is 7.89. The van der Waals surface area contributed by atoms with Crippen LogP contribution in [0.1, 0.15) is 10.4 Å². The van der Waals surface area contributed by atoms with Gasteiger partial charge in [0.2, 0.25) is 10.0 Å². The Bertz CT molecular complexity index is 1070. The number of nitrogens with zero attached hydrogens (tertiary/aromatic N) is 2. The van der Waals surface area contributed by atoms with Crippen molar-refractivity contribution >= 4 is 45.0 Å². The lowest BCUT2D eigenvalue weighted by atomic mass is 10.1. The second-order valence-electron chi connectivity index (χ2n) is 6.53. The number of piperazine rings is 1. The van der Waals surface area contributed by atoms with Crippen molar-refractivity contribution < 1.29 is 22.7 Å². The van der Waals surface area contributed by atoms with E-state index in [9.17, 15) is 18.0 Å². The summed E-state index contributed by atoms with van der Waals surface area (Å²) in [4.78, 5) is 25.1. The van der Waals surface area contributed by atoms with Gasteiger partial charge in [-0.3, -0.25) is 9.59 Å². The molecule has 1 fully saturated rings. The molecule has 1 saturated heterocycles. The molecule has 2 amide bonds. The fourth-order valence-electron chi connectivity index (χ4n) is 3.01. The van der Waals surface area contributed by atoms with E-state index in [1.54, 1.807) is 23.1 Å². The predicted octanol–water partition coefficient (Wildman–Crippen LogP) is 2.00. The van der Waals surface area contributed by atoms with E-state index < -0.39 is 15.9 Å². The molecule has 0 atom stereocenters. The van der Waals surface area contributed by atoms with Crippen molar-refractivity contribution in [1.29, 1.82) is 0 Å². The number of halogens is 2. The average molecular weight is 472 g/mol. The maximum atomic E-state index is 12.9. The molecule has 0 aliphatic carbocycles. The van der Waals surface area contributed by atoms with Gasteiger partial charge in [-0.2, -0.15) is 4.31 Å². The monoisotopic (exact) mass is 471 g/mol. The predicted molar refractivity (Wildman–Crippen MR) is 112 cm³/mol. The van der Waals surface area contributed by atoms with Crippen molar-refractivity contribution in [2.24, 2.45) is 5.73 Å². The zero-order valence-electron chi connectivity index (χ0n) is 15.8. The van der Waals surface area contributed by atoms with Crippen LogP contribution in [0, 0.1) is 0 Å². The smallest absolute Gasteiger partial charge is 0.255 e. The first kappa shape index (κ1) is 22.4. The Morgan fingerprint density at radius 1 is 1.03 bits per heavy atom. The molecule has 1 aliphatic heterocycles. The molecule has 2 aromatic rings. The molecular weight excluding hydrogens is 453 g/mol. The molecule has 0 spiro atoms. The topological polar surface area (TPSA) is 110 Å². The normalized spacial score (nSPS) is 15.1. The van der Waals surface area contributed by atoms with E-state index in [1.165, 1.54) is 28.6 Å². The number of hydrogen-bond acceptors (Lipinski definition) is 5. The van der Waals surface area contributed by atoms with E-state index >= 15 is 0 Å². The van der Waals surface area contributed by atoms with Gasteiger partial charge in [-0.15, -0.1) is 0 Å². The molecular formula is C19H19Cl2N3O5S. The van der Waals surface area contributed by atoms with E-state index in [4.69, 9.17) is 33.7 Å². The number of ether oxygens (including phenoxy) is 1. The van der Waals surface area contributed by atoms with Gasteiger partial charge in [0.1, 0.15) is 10.6 Å². The van der Waals surface area contributed by atoms with Crippen LogP contribution in [-0.4, -0.2) is 62.2 Å². The SMILES string of the molecule is NC(=O)COc1cccc(C(=O)N2CCN(S(=O)(=O)c3cccc(Cl)c3Cl)CC2)c1. The highest BCUT2D eigenvalue weighted by atomic mass is 35.5. The Labute approximate surface area is 184 Å². The van der Waals surface area contributed by atoms with Crippen LogP contribution < -0.4 is 10.5 Å². The van der Waals surface area contributed by atoms with Crippen molar-refractivity contribution in [2.75, 3.05) is 32.8 Å². The summed E-state index contributed by atoms with van der Waals surface area (Å²) in [6, 6.07) is 10.8. The van der Waals surface area contributed by atoms with Crippen molar-refractivity contribution in [3.63, 3.8) is 0 Å². The van der Waals surface area contributed by atoms with Crippen LogP contribution in [0.3, 0.4) is 0 Å². The molecule has 30 heavy (non-hydrogen) atoms. The zero-order chi connectivity index (χ0) is 21.9.